The van der Waals surface area contributed by atoms with Crippen molar-refractivity contribution >= 4 is 75.9 Å². The highest BCUT2D eigenvalue weighted by atomic mass is 15.0. The highest BCUT2D eigenvalue weighted by Crippen LogP contribution is 2.46. The lowest BCUT2D eigenvalue weighted by atomic mass is 9.91. The fraction of sp³-hybridized carbons (Fsp3) is 0. The fourth-order valence-electron chi connectivity index (χ4n) is 11.5. The molecular weight excluding hydrogens is 899 g/mol. The predicted octanol–water partition coefficient (Wildman–Crippen LogP) is 17.9. The SMILES string of the molecule is c1ccc(-c2nc(-c3cc(-c4ccccc4)c(-n4c5cc6ccccc6cc5c5cc6ccccc6cc54)c(-c4ccc5ccccc5c4)c3)nc(-c3cccc4c3c3ccccc3n4-c3ccccc3)n2)cc1. The Morgan fingerprint density at radius 1 is 0.243 bits per heavy atom. The highest BCUT2D eigenvalue weighted by molar-refractivity contribution is 6.18. The van der Waals surface area contributed by atoms with Crippen molar-refractivity contribution in [3.05, 3.63) is 261 Å². The first-order valence-electron chi connectivity index (χ1n) is 25.2. The molecule has 0 saturated heterocycles. The first kappa shape index (κ1) is 41.8. The Kier molecular flexibility index (Phi) is 9.50. The summed E-state index contributed by atoms with van der Waals surface area (Å²) in [7, 11) is 0. The minimum atomic E-state index is 0.586. The van der Waals surface area contributed by atoms with E-state index in [9.17, 15) is 0 Å². The van der Waals surface area contributed by atoms with Gasteiger partial charge in [0, 0.05) is 55.0 Å². The van der Waals surface area contributed by atoms with Crippen LogP contribution in [0.5, 0.6) is 0 Å². The smallest absolute Gasteiger partial charge is 0.164 e. The topological polar surface area (TPSA) is 48.5 Å². The molecule has 0 bridgehead atoms. The number of fused-ring (bicyclic) bond motifs is 9. The fourth-order valence-corrected chi connectivity index (χ4v) is 11.5. The van der Waals surface area contributed by atoms with Crippen LogP contribution in [-0.4, -0.2) is 24.1 Å². The minimum absolute atomic E-state index is 0.586. The Balaban J connectivity index is 1.07. The Morgan fingerprint density at radius 3 is 1.38 bits per heavy atom. The van der Waals surface area contributed by atoms with E-state index in [2.05, 4.69) is 252 Å². The van der Waals surface area contributed by atoms with Gasteiger partial charge < -0.3 is 9.13 Å². The molecule has 0 aliphatic heterocycles. The first-order chi connectivity index (χ1) is 36.7. The molecule has 3 aromatic heterocycles. The molecule has 0 saturated carbocycles. The van der Waals surface area contributed by atoms with Crippen LogP contribution in [-0.2, 0) is 0 Å². The van der Waals surface area contributed by atoms with Crippen LogP contribution in [0.15, 0.2) is 261 Å². The molecule has 0 atom stereocenters. The van der Waals surface area contributed by atoms with Gasteiger partial charge in [0.1, 0.15) is 0 Å². The van der Waals surface area contributed by atoms with Crippen molar-refractivity contribution in [2.24, 2.45) is 0 Å². The second kappa shape index (κ2) is 16.8. The molecule has 0 radical (unpaired) electrons. The molecule has 12 aromatic carbocycles. The molecular formula is C69H43N5. The van der Waals surface area contributed by atoms with Crippen LogP contribution in [0.25, 0.3) is 144 Å². The third-order valence-electron chi connectivity index (χ3n) is 14.9. The van der Waals surface area contributed by atoms with Gasteiger partial charge in [-0.2, -0.15) is 0 Å². The number of rotatable bonds is 7. The van der Waals surface area contributed by atoms with Gasteiger partial charge in [0.2, 0.25) is 0 Å². The maximum Gasteiger partial charge on any atom is 0.164 e. The van der Waals surface area contributed by atoms with Gasteiger partial charge in [-0.3, -0.25) is 0 Å². The van der Waals surface area contributed by atoms with Crippen molar-refractivity contribution < 1.29 is 0 Å². The maximum atomic E-state index is 5.58. The van der Waals surface area contributed by atoms with Crippen molar-refractivity contribution in [1.29, 1.82) is 0 Å². The van der Waals surface area contributed by atoms with E-state index in [4.69, 9.17) is 15.0 Å². The van der Waals surface area contributed by atoms with Crippen molar-refractivity contribution in [2.45, 2.75) is 0 Å². The largest absolute Gasteiger partial charge is 0.309 e. The van der Waals surface area contributed by atoms with Gasteiger partial charge in [-0.05, 0) is 110 Å². The lowest BCUT2D eigenvalue weighted by Crippen LogP contribution is -2.04. The van der Waals surface area contributed by atoms with E-state index in [1.165, 1.54) is 43.1 Å². The van der Waals surface area contributed by atoms with Crippen molar-refractivity contribution in [3.8, 4) is 67.8 Å². The zero-order valence-electron chi connectivity index (χ0n) is 40.1. The third kappa shape index (κ3) is 6.75. The van der Waals surface area contributed by atoms with Crippen LogP contribution in [0.3, 0.4) is 0 Å². The van der Waals surface area contributed by atoms with E-state index in [1.807, 2.05) is 18.2 Å². The summed E-state index contributed by atoms with van der Waals surface area (Å²) >= 11 is 0. The lowest BCUT2D eigenvalue weighted by molar-refractivity contribution is 1.07. The Bertz CT molecular complexity index is 4610. The molecule has 0 spiro atoms. The Hall–Kier alpha value is -9.97. The summed E-state index contributed by atoms with van der Waals surface area (Å²) in [5, 5.41) is 11.8. The van der Waals surface area contributed by atoms with E-state index >= 15 is 0 Å². The number of hydrogen-bond acceptors (Lipinski definition) is 3. The van der Waals surface area contributed by atoms with E-state index in [0.29, 0.717) is 17.5 Å². The number of benzene rings is 12. The Morgan fingerprint density at radius 2 is 0.730 bits per heavy atom. The van der Waals surface area contributed by atoms with Crippen molar-refractivity contribution in [2.75, 3.05) is 0 Å². The first-order valence-corrected chi connectivity index (χ1v) is 25.2. The molecule has 3 heterocycles. The molecule has 15 rings (SSSR count). The van der Waals surface area contributed by atoms with E-state index in [-0.39, 0.29) is 0 Å². The van der Waals surface area contributed by atoms with Gasteiger partial charge in [-0.25, -0.2) is 15.0 Å². The summed E-state index contributed by atoms with van der Waals surface area (Å²) in [5.74, 6) is 1.80. The summed E-state index contributed by atoms with van der Waals surface area (Å²) in [6.07, 6.45) is 0. The number of para-hydroxylation sites is 2. The monoisotopic (exact) mass is 941 g/mol. The highest BCUT2D eigenvalue weighted by Gasteiger charge is 2.25. The molecule has 0 aliphatic carbocycles. The zero-order valence-corrected chi connectivity index (χ0v) is 40.1. The summed E-state index contributed by atoms with van der Waals surface area (Å²) in [6, 6.07) is 93.8. The summed E-state index contributed by atoms with van der Waals surface area (Å²) < 4.78 is 4.87. The quantitative estimate of drug-likeness (QED) is 0.160. The molecule has 344 valence electrons. The van der Waals surface area contributed by atoms with Crippen LogP contribution in [0.2, 0.25) is 0 Å². The van der Waals surface area contributed by atoms with Crippen LogP contribution >= 0.6 is 0 Å². The van der Waals surface area contributed by atoms with Crippen LogP contribution in [0, 0.1) is 0 Å². The summed E-state index contributed by atoms with van der Waals surface area (Å²) in [6.45, 7) is 0. The minimum Gasteiger partial charge on any atom is -0.309 e. The van der Waals surface area contributed by atoms with Crippen LogP contribution in [0.4, 0.5) is 0 Å². The zero-order chi connectivity index (χ0) is 48.7. The molecule has 15 aromatic rings. The number of nitrogens with zero attached hydrogens (tertiary/aromatic N) is 5. The van der Waals surface area contributed by atoms with E-state index in [0.717, 1.165) is 83.2 Å². The standard InChI is InChI=1S/C69H43N5/c1-4-20-45(21-5-1)57-40-53(68-70-67(46-22-6-2-7-23-46)71-69(72-68)56-32-18-34-62-65(56)55-31-16-17-33-61(55)73(62)54-29-8-3-9-30-54)41-58(52-36-35-44-19-10-11-24-47(44)37-52)66(57)74-63-42-50-27-14-12-25-48(50)38-59(63)60-39-49-26-13-15-28-51(49)43-64(60)74/h1-43H. The Labute approximate surface area is 426 Å². The van der Waals surface area contributed by atoms with Crippen molar-refractivity contribution in [1.82, 2.24) is 24.1 Å². The third-order valence-corrected chi connectivity index (χ3v) is 14.9. The normalized spacial score (nSPS) is 11.8. The average molecular weight is 942 g/mol. The molecule has 0 amide bonds. The summed E-state index contributed by atoms with van der Waals surface area (Å²) in [5.41, 5.74) is 13.7. The van der Waals surface area contributed by atoms with Crippen molar-refractivity contribution in [3.63, 3.8) is 0 Å². The molecule has 0 unspecified atom stereocenters. The average Bonchev–Trinajstić information content (AvgIpc) is 4.01. The maximum absolute atomic E-state index is 5.58. The van der Waals surface area contributed by atoms with Gasteiger partial charge in [0.25, 0.3) is 0 Å². The number of aromatic nitrogens is 5. The van der Waals surface area contributed by atoms with Gasteiger partial charge in [0.05, 0.1) is 27.8 Å². The molecule has 74 heavy (non-hydrogen) atoms. The molecule has 0 aliphatic rings. The number of hydrogen-bond donors (Lipinski definition) is 0. The molecule has 0 fully saturated rings. The molecule has 5 nitrogen and oxygen atoms in total. The predicted molar refractivity (Wildman–Crippen MR) is 308 cm³/mol. The molecule has 0 N–H and O–H groups in total. The van der Waals surface area contributed by atoms with Gasteiger partial charge in [-0.1, -0.05) is 194 Å². The van der Waals surface area contributed by atoms with Gasteiger partial charge in [-0.15, -0.1) is 0 Å². The summed E-state index contributed by atoms with van der Waals surface area (Å²) in [4.78, 5) is 16.4. The van der Waals surface area contributed by atoms with Gasteiger partial charge in [0.15, 0.2) is 17.5 Å². The lowest BCUT2D eigenvalue weighted by Gasteiger charge is -2.21. The second-order valence-corrected chi connectivity index (χ2v) is 19.2. The van der Waals surface area contributed by atoms with E-state index < -0.39 is 0 Å². The molecule has 5 heteroatoms. The van der Waals surface area contributed by atoms with Crippen LogP contribution < -0.4 is 0 Å². The van der Waals surface area contributed by atoms with E-state index in [1.54, 1.807) is 0 Å². The van der Waals surface area contributed by atoms with Crippen LogP contribution in [0.1, 0.15) is 0 Å². The second-order valence-electron chi connectivity index (χ2n) is 19.2. The van der Waals surface area contributed by atoms with Gasteiger partial charge >= 0.3 is 0 Å².